The van der Waals surface area contributed by atoms with E-state index in [1.807, 2.05) is 18.2 Å². The largest absolute Gasteiger partial charge is 0.462 e. The van der Waals surface area contributed by atoms with E-state index in [-0.39, 0.29) is 5.97 Å². The Morgan fingerprint density at radius 3 is 1.86 bits per heavy atom. The van der Waals surface area contributed by atoms with Gasteiger partial charge in [0.05, 0.1) is 44.0 Å². The van der Waals surface area contributed by atoms with E-state index in [0.717, 1.165) is 12.8 Å². The number of esters is 1. The highest BCUT2D eigenvalue weighted by Gasteiger charge is 2.26. The molecule has 1 rings (SSSR count). The molecular formula is C16H26O6. The number of carbonyl (C=O) groups excluding carboxylic acids is 1. The van der Waals surface area contributed by atoms with Crippen LogP contribution < -0.4 is 0 Å². The number of aliphatic hydroxyl groups excluding tert-OH is 4. The van der Waals surface area contributed by atoms with E-state index < -0.39 is 31.8 Å². The fourth-order valence-electron chi connectivity index (χ4n) is 1.27. The zero-order chi connectivity index (χ0) is 16.8. The van der Waals surface area contributed by atoms with Crippen molar-refractivity contribution in [3.05, 3.63) is 35.9 Å². The van der Waals surface area contributed by atoms with Crippen LogP contribution in [-0.4, -0.2) is 59.4 Å². The van der Waals surface area contributed by atoms with E-state index in [2.05, 4.69) is 6.92 Å². The molecule has 0 aromatic heterocycles. The molecule has 1 aromatic rings. The Morgan fingerprint density at radius 2 is 1.50 bits per heavy atom. The predicted octanol–water partition coefficient (Wildman–Crippen LogP) is 0.585. The number of aliphatic hydroxyl groups is 4. The first kappa shape index (κ1) is 20.5. The predicted molar refractivity (Wildman–Crippen MR) is 82.4 cm³/mol. The second kappa shape index (κ2) is 12.1. The van der Waals surface area contributed by atoms with Gasteiger partial charge >= 0.3 is 5.97 Å². The molecule has 0 aliphatic rings. The van der Waals surface area contributed by atoms with Gasteiger partial charge in [0, 0.05) is 0 Å². The highest BCUT2D eigenvalue weighted by Crippen LogP contribution is 2.11. The monoisotopic (exact) mass is 314 g/mol. The third-order valence-corrected chi connectivity index (χ3v) is 3.08. The average molecular weight is 314 g/mol. The van der Waals surface area contributed by atoms with Gasteiger partial charge in [0.1, 0.15) is 0 Å². The van der Waals surface area contributed by atoms with Crippen molar-refractivity contribution in [2.24, 2.45) is 5.41 Å². The minimum absolute atomic E-state index is 0.228. The van der Waals surface area contributed by atoms with Crippen molar-refractivity contribution in [2.75, 3.05) is 33.0 Å². The number of hydrogen-bond acceptors (Lipinski definition) is 6. The second-order valence-electron chi connectivity index (χ2n) is 4.99. The summed E-state index contributed by atoms with van der Waals surface area (Å²) in [5.74, 6) is -0.228. The Morgan fingerprint density at radius 1 is 1.00 bits per heavy atom. The third-order valence-electron chi connectivity index (χ3n) is 3.08. The summed E-state index contributed by atoms with van der Waals surface area (Å²) < 4.78 is 5.03. The SMILES string of the molecule is CCCCOC(=O)c1ccccc1.OCC(CO)(CO)CO. The molecule has 0 bridgehead atoms. The van der Waals surface area contributed by atoms with Crippen LogP contribution in [0.5, 0.6) is 0 Å². The lowest BCUT2D eigenvalue weighted by Crippen LogP contribution is -2.37. The molecule has 0 fully saturated rings. The van der Waals surface area contributed by atoms with Crippen LogP contribution in [0, 0.1) is 5.41 Å². The van der Waals surface area contributed by atoms with E-state index in [4.69, 9.17) is 25.2 Å². The minimum atomic E-state index is -1.11. The number of benzene rings is 1. The van der Waals surface area contributed by atoms with Gasteiger partial charge in [-0.1, -0.05) is 31.5 Å². The first-order chi connectivity index (χ1) is 10.6. The lowest BCUT2D eigenvalue weighted by Gasteiger charge is -2.23. The van der Waals surface area contributed by atoms with Crippen molar-refractivity contribution in [1.29, 1.82) is 0 Å². The Hall–Kier alpha value is -1.47. The first-order valence-electron chi connectivity index (χ1n) is 7.24. The van der Waals surface area contributed by atoms with Gasteiger partial charge < -0.3 is 25.2 Å². The summed E-state index contributed by atoms with van der Waals surface area (Å²) in [7, 11) is 0. The van der Waals surface area contributed by atoms with Crippen LogP contribution >= 0.6 is 0 Å². The number of ether oxygens (including phenoxy) is 1. The van der Waals surface area contributed by atoms with Crippen molar-refractivity contribution in [3.63, 3.8) is 0 Å². The number of rotatable bonds is 8. The Bertz CT molecular complexity index is 371. The van der Waals surface area contributed by atoms with Gasteiger partial charge in [-0.2, -0.15) is 0 Å². The molecule has 6 heteroatoms. The molecule has 0 radical (unpaired) electrons. The standard InChI is InChI=1S/C11H14O2.C5H12O4/c1-2-3-9-13-11(12)10-7-5-4-6-8-10;6-1-5(2-7,3-8)4-9/h4-8H,2-3,9H2,1H3;6-9H,1-4H2. The van der Waals surface area contributed by atoms with E-state index in [1.165, 1.54) is 0 Å². The lowest BCUT2D eigenvalue weighted by molar-refractivity contribution is -0.0328. The highest BCUT2D eigenvalue weighted by molar-refractivity contribution is 5.89. The minimum Gasteiger partial charge on any atom is -0.462 e. The van der Waals surface area contributed by atoms with Crippen molar-refractivity contribution in [2.45, 2.75) is 19.8 Å². The van der Waals surface area contributed by atoms with Crippen LogP contribution in [0.1, 0.15) is 30.1 Å². The van der Waals surface area contributed by atoms with Crippen LogP contribution in [0.4, 0.5) is 0 Å². The summed E-state index contributed by atoms with van der Waals surface area (Å²) >= 11 is 0. The number of hydrogen-bond donors (Lipinski definition) is 4. The first-order valence-corrected chi connectivity index (χ1v) is 7.24. The van der Waals surface area contributed by atoms with E-state index >= 15 is 0 Å². The van der Waals surface area contributed by atoms with Gasteiger partial charge in [-0.15, -0.1) is 0 Å². The molecule has 0 atom stereocenters. The summed E-state index contributed by atoms with van der Waals surface area (Å²) in [6, 6.07) is 9.05. The number of unbranched alkanes of at least 4 members (excludes halogenated alkanes) is 1. The zero-order valence-electron chi connectivity index (χ0n) is 12.9. The molecule has 126 valence electrons. The molecule has 0 aliphatic heterocycles. The normalized spacial score (nSPS) is 10.6. The molecule has 6 nitrogen and oxygen atoms in total. The van der Waals surface area contributed by atoms with E-state index in [0.29, 0.717) is 12.2 Å². The van der Waals surface area contributed by atoms with Crippen LogP contribution in [0.2, 0.25) is 0 Å². The second-order valence-corrected chi connectivity index (χ2v) is 4.99. The quantitative estimate of drug-likeness (QED) is 0.413. The van der Waals surface area contributed by atoms with Crippen molar-refractivity contribution >= 4 is 5.97 Å². The summed E-state index contributed by atoms with van der Waals surface area (Å²) in [6.07, 6.45) is 1.97. The van der Waals surface area contributed by atoms with Crippen molar-refractivity contribution in [3.8, 4) is 0 Å². The van der Waals surface area contributed by atoms with Crippen LogP contribution in [0.25, 0.3) is 0 Å². The average Bonchev–Trinajstić information content (AvgIpc) is 2.59. The smallest absolute Gasteiger partial charge is 0.338 e. The fourth-order valence-corrected chi connectivity index (χ4v) is 1.27. The maximum Gasteiger partial charge on any atom is 0.338 e. The van der Waals surface area contributed by atoms with Gasteiger partial charge in [0.15, 0.2) is 0 Å². The van der Waals surface area contributed by atoms with Crippen LogP contribution in [0.3, 0.4) is 0 Å². The number of carbonyl (C=O) groups is 1. The Balaban J connectivity index is 0.000000433. The molecule has 22 heavy (non-hydrogen) atoms. The molecule has 0 amide bonds. The van der Waals surface area contributed by atoms with Gasteiger partial charge in [0.25, 0.3) is 0 Å². The summed E-state index contributed by atoms with van der Waals surface area (Å²) in [6.45, 7) is 0.959. The van der Waals surface area contributed by atoms with Crippen LogP contribution in [0.15, 0.2) is 30.3 Å². The van der Waals surface area contributed by atoms with Gasteiger partial charge in [0.2, 0.25) is 0 Å². The zero-order valence-corrected chi connectivity index (χ0v) is 12.9. The maximum absolute atomic E-state index is 11.3. The molecule has 0 spiro atoms. The van der Waals surface area contributed by atoms with E-state index in [1.54, 1.807) is 12.1 Å². The molecule has 0 saturated heterocycles. The van der Waals surface area contributed by atoms with Crippen molar-refractivity contribution in [1.82, 2.24) is 0 Å². The van der Waals surface area contributed by atoms with E-state index in [9.17, 15) is 4.79 Å². The van der Waals surface area contributed by atoms with Gasteiger partial charge in [-0.05, 0) is 18.6 Å². The topological polar surface area (TPSA) is 107 Å². The Labute approximate surface area is 131 Å². The third kappa shape index (κ3) is 7.51. The molecule has 0 heterocycles. The molecule has 4 N–H and O–H groups in total. The van der Waals surface area contributed by atoms with Gasteiger partial charge in [-0.25, -0.2) is 4.79 Å². The van der Waals surface area contributed by atoms with Crippen molar-refractivity contribution < 1.29 is 30.0 Å². The summed E-state index contributed by atoms with van der Waals surface area (Å²) in [5, 5.41) is 34.0. The Kier molecular flexibility index (Phi) is 11.3. The fraction of sp³-hybridized carbons (Fsp3) is 0.562. The molecule has 0 saturated carbocycles. The summed E-state index contributed by atoms with van der Waals surface area (Å²) in [5.41, 5.74) is -0.487. The highest BCUT2D eigenvalue weighted by atomic mass is 16.5. The molecular weight excluding hydrogens is 288 g/mol. The van der Waals surface area contributed by atoms with Gasteiger partial charge in [-0.3, -0.25) is 0 Å². The molecule has 1 aromatic carbocycles. The maximum atomic E-state index is 11.3. The van der Waals surface area contributed by atoms with Crippen LogP contribution in [-0.2, 0) is 4.74 Å². The summed E-state index contributed by atoms with van der Waals surface area (Å²) in [4.78, 5) is 11.3. The molecule has 0 aliphatic carbocycles. The molecule has 0 unspecified atom stereocenters. The lowest BCUT2D eigenvalue weighted by atomic mass is 9.93.